The van der Waals surface area contributed by atoms with Crippen LogP contribution >= 0.6 is 11.8 Å². The second-order valence-electron chi connectivity index (χ2n) is 6.27. The SMILES string of the molecule is CCCCN1C(=Nc2ccc(N=O)cc2C)SC[C@@H]1[C@H](C)CC. The summed E-state index contributed by atoms with van der Waals surface area (Å²) in [7, 11) is 0. The van der Waals surface area contributed by atoms with E-state index in [2.05, 4.69) is 30.8 Å². The van der Waals surface area contributed by atoms with Gasteiger partial charge in [-0.15, -0.1) is 4.91 Å². The monoisotopic (exact) mass is 333 g/mol. The van der Waals surface area contributed by atoms with E-state index in [0.717, 1.165) is 28.7 Å². The molecule has 0 bridgehead atoms. The number of amidine groups is 1. The van der Waals surface area contributed by atoms with Crippen LogP contribution in [0.3, 0.4) is 0 Å². The molecule has 23 heavy (non-hydrogen) atoms. The summed E-state index contributed by atoms with van der Waals surface area (Å²) >= 11 is 1.86. The van der Waals surface area contributed by atoms with E-state index in [0.29, 0.717) is 17.6 Å². The van der Waals surface area contributed by atoms with E-state index in [1.54, 1.807) is 12.1 Å². The van der Waals surface area contributed by atoms with Gasteiger partial charge in [-0.05, 0) is 48.2 Å². The third-order valence-electron chi connectivity index (χ3n) is 4.58. The van der Waals surface area contributed by atoms with Crippen molar-refractivity contribution in [1.29, 1.82) is 0 Å². The Hall–Kier alpha value is -1.36. The van der Waals surface area contributed by atoms with Gasteiger partial charge in [0.05, 0.1) is 5.69 Å². The van der Waals surface area contributed by atoms with Gasteiger partial charge in [0.1, 0.15) is 5.69 Å². The molecule has 0 spiro atoms. The standard InChI is InChI=1S/C18H27N3OS/c1-5-7-10-21-17(13(3)6-2)12-23-18(21)19-16-9-8-15(20-22)11-14(16)4/h8-9,11,13,17H,5-7,10,12H2,1-4H3/t13-,17-/m1/s1. The van der Waals surface area contributed by atoms with Gasteiger partial charge in [-0.25, -0.2) is 4.99 Å². The highest BCUT2D eigenvalue weighted by molar-refractivity contribution is 8.14. The normalized spacial score (nSPS) is 21.0. The Labute approximate surface area is 143 Å². The molecule has 1 aliphatic heterocycles. The van der Waals surface area contributed by atoms with E-state index in [1.807, 2.05) is 24.8 Å². The van der Waals surface area contributed by atoms with Crippen molar-refractivity contribution in [2.45, 2.75) is 53.0 Å². The van der Waals surface area contributed by atoms with Crippen molar-refractivity contribution < 1.29 is 0 Å². The third-order valence-corrected chi connectivity index (χ3v) is 5.68. The number of hydrogen-bond donors (Lipinski definition) is 0. The summed E-state index contributed by atoms with van der Waals surface area (Å²) in [5.74, 6) is 1.79. The minimum Gasteiger partial charge on any atom is -0.347 e. The minimum absolute atomic E-state index is 0.464. The van der Waals surface area contributed by atoms with Crippen LogP contribution in [0.25, 0.3) is 0 Å². The highest BCUT2D eigenvalue weighted by Gasteiger charge is 2.32. The maximum absolute atomic E-state index is 10.6. The van der Waals surface area contributed by atoms with Crippen LogP contribution in [0.1, 0.15) is 45.6 Å². The van der Waals surface area contributed by atoms with Crippen molar-refractivity contribution in [3.05, 3.63) is 28.7 Å². The van der Waals surface area contributed by atoms with E-state index < -0.39 is 0 Å². The van der Waals surface area contributed by atoms with Crippen LogP contribution in [0.5, 0.6) is 0 Å². The molecule has 0 unspecified atom stereocenters. The number of unbranched alkanes of at least 4 members (excludes halogenated alkanes) is 1. The molecule has 4 nitrogen and oxygen atoms in total. The maximum Gasteiger partial charge on any atom is 0.164 e. The molecule has 1 aromatic carbocycles. The number of aryl methyl sites for hydroxylation is 1. The number of hydrogen-bond acceptors (Lipinski definition) is 4. The van der Waals surface area contributed by atoms with Gasteiger partial charge >= 0.3 is 0 Å². The quantitative estimate of drug-likeness (QED) is 0.606. The zero-order chi connectivity index (χ0) is 16.8. The summed E-state index contributed by atoms with van der Waals surface area (Å²) in [6.45, 7) is 9.88. The van der Waals surface area contributed by atoms with Crippen molar-refractivity contribution in [2.75, 3.05) is 12.3 Å². The molecule has 0 aromatic heterocycles. The molecule has 0 radical (unpaired) electrons. The van der Waals surface area contributed by atoms with Crippen molar-refractivity contribution in [1.82, 2.24) is 4.90 Å². The lowest BCUT2D eigenvalue weighted by molar-refractivity contribution is 0.263. The molecular weight excluding hydrogens is 306 g/mol. The molecule has 0 saturated carbocycles. The van der Waals surface area contributed by atoms with Crippen molar-refractivity contribution in [3.8, 4) is 0 Å². The molecule has 5 heteroatoms. The molecule has 0 aliphatic carbocycles. The van der Waals surface area contributed by atoms with Gasteiger partial charge in [-0.3, -0.25) is 0 Å². The van der Waals surface area contributed by atoms with Crippen LogP contribution in [0.2, 0.25) is 0 Å². The van der Waals surface area contributed by atoms with Crippen molar-refractivity contribution >= 4 is 28.3 Å². The van der Waals surface area contributed by atoms with E-state index in [-0.39, 0.29) is 0 Å². The first-order valence-corrected chi connectivity index (χ1v) is 9.51. The molecule has 1 saturated heterocycles. The van der Waals surface area contributed by atoms with Gasteiger partial charge in [0, 0.05) is 18.3 Å². The van der Waals surface area contributed by atoms with E-state index >= 15 is 0 Å². The fourth-order valence-corrected chi connectivity index (χ4v) is 4.21. The van der Waals surface area contributed by atoms with Crippen LogP contribution in [-0.2, 0) is 0 Å². The van der Waals surface area contributed by atoms with Gasteiger partial charge < -0.3 is 4.90 Å². The second-order valence-corrected chi connectivity index (χ2v) is 7.25. The number of benzene rings is 1. The molecule has 1 fully saturated rings. The fraction of sp³-hybridized carbons (Fsp3) is 0.611. The average Bonchev–Trinajstić information content (AvgIpc) is 2.96. The van der Waals surface area contributed by atoms with Gasteiger partial charge in [-0.1, -0.05) is 45.4 Å². The molecule has 1 aromatic rings. The Morgan fingerprint density at radius 1 is 1.39 bits per heavy atom. The average molecular weight is 334 g/mol. The Balaban J connectivity index is 2.26. The van der Waals surface area contributed by atoms with Crippen LogP contribution < -0.4 is 0 Å². The Kier molecular flexibility index (Phi) is 6.63. The summed E-state index contributed by atoms with van der Waals surface area (Å²) in [5.41, 5.74) is 2.40. The maximum atomic E-state index is 10.6. The summed E-state index contributed by atoms with van der Waals surface area (Å²) in [5, 5.41) is 4.12. The molecule has 2 atom stereocenters. The molecule has 0 N–H and O–H groups in total. The third kappa shape index (κ3) is 4.34. The van der Waals surface area contributed by atoms with Crippen LogP contribution in [0.15, 0.2) is 28.4 Å². The van der Waals surface area contributed by atoms with Gasteiger partial charge in [0.25, 0.3) is 0 Å². The number of nitroso groups, excluding NO2 is 1. The van der Waals surface area contributed by atoms with E-state index in [1.165, 1.54) is 19.3 Å². The highest BCUT2D eigenvalue weighted by Crippen LogP contribution is 2.33. The summed E-state index contributed by atoms with van der Waals surface area (Å²) in [4.78, 5) is 18.0. The van der Waals surface area contributed by atoms with Crippen LogP contribution in [-0.4, -0.2) is 28.4 Å². The number of rotatable bonds is 7. The molecule has 1 aliphatic rings. The first-order valence-electron chi connectivity index (χ1n) is 8.52. The molecule has 2 rings (SSSR count). The van der Waals surface area contributed by atoms with Gasteiger partial charge in [0.15, 0.2) is 5.17 Å². The van der Waals surface area contributed by atoms with Gasteiger partial charge in [-0.2, -0.15) is 0 Å². The first kappa shape index (κ1) is 18.0. The lowest BCUT2D eigenvalue weighted by atomic mass is 9.99. The first-order chi connectivity index (χ1) is 11.1. The second kappa shape index (κ2) is 8.48. The van der Waals surface area contributed by atoms with Crippen LogP contribution in [0.4, 0.5) is 11.4 Å². The molecule has 126 valence electrons. The Morgan fingerprint density at radius 2 is 2.17 bits per heavy atom. The zero-order valence-corrected chi connectivity index (χ0v) is 15.4. The smallest absolute Gasteiger partial charge is 0.164 e. The van der Waals surface area contributed by atoms with E-state index in [4.69, 9.17) is 4.99 Å². The van der Waals surface area contributed by atoms with Crippen LogP contribution in [0, 0.1) is 17.7 Å². The fourth-order valence-electron chi connectivity index (χ4n) is 2.83. The molecular formula is C18H27N3OS. The lowest BCUT2D eigenvalue weighted by Crippen LogP contribution is -2.38. The summed E-state index contributed by atoms with van der Waals surface area (Å²) in [6, 6.07) is 6.01. The number of thioether (sulfide) groups is 1. The van der Waals surface area contributed by atoms with Crippen molar-refractivity contribution in [3.63, 3.8) is 0 Å². The summed E-state index contributed by atoms with van der Waals surface area (Å²) < 4.78 is 0. The molecule has 1 heterocycles. The predicted octanol–water partition coefficient (Wildman–Crippen LogP) is 5.64. The van der Waals surface area contributed by atoms with Crippen molar-refractivity contribution in [2.24, 2.45) is 16.1 Å². The number of nitrogens with zero attached hydrogens (tertiary/aromatic N) is 3. The van der Waals surface area contributed by atoms with Gasteiger partial charge in [0.2, 0.25) is 0 Å². The highest BCUT2D eigenvalue weighted by atomic mass is 32.2. The zero-order valence-electron chi connectivity index (χ0n) is 14.6. The predicted molar refractivity (Wildman–Crippen MR) is 101 cm³/mol. The topological polar surface area (TPSA) is 45.0 Å². The molecule has 0 amide bonds. The van der Waals surface area contributed by atoms with E-state index in [9.17, 15) is 4.91 Å². The lowest BCUT2D eigenvalue weighted by Gasteiger charge is -2.30. The Morgan fingerprint density at radius 3 is 2.78 bits per heavy atom. The Bertz CT molecular complexity index is 573. The summed E-state index contributed by atoms with van der Waals surface area (Å²) in [6.07, 6.45) is 3.58. The number of aliphatic imine (C=N–C) groups is 1. The largest absolute Gasteiger partial charge is 0.347 e. The minimum atomic E-state index is 0.464.